The van der Waals surface area contributed by atoms with Crippen LogP contribution in [0, 0.1) is 13.8 Å². The Morgan fingerprint density at radius 3 is 2.23 bits per heavy atom. The van der Waals surface area contributed by atoms with E-state index in [2.05, 4.69) is 5.32 Å². The van der Waals surface area contributed by atoms with E-state index in [-0.39, 0.29) is 0 Å². The maximum absolute atomic E-state index is 12.3. The first kappa shape index (κ1) is 18.4. The van der Waals surface area contributed by atoms with Gasteiger partial charge < -0.3 is 10.4 Å². The van der Waals surface area contributed by atoms with Crippen molar-refractivity contribution in [3.8, 4) is 0 Å². The number of halogens is 3. The third kappa shape index (κ3) is 5.31. The summed E-state index contributed by atoms with van der Waals surface area (Å²) >= 11 is 0. The van der Waals surface area contributed by atoms with E-state index < -0.39 is 30.8 Å². The smallest absolute Gasteiger partial charge is 0.382 e. The van der Waals surface area contributed by atoms with Gasteiger partial charge in [-0.15, -0.1) is 0 Å². The van der Waals surface area contributed by atoms with E-state index >= 15 is 0 Å². The SMILES string of the molecule is Cc1cc(C)cc(NC(=O)C(C)N(C)CC(O)C(F)(F)F)c1. The van der Waals surface area contributed by atoms with Crippen molar-refractivity contribution >= 4 is 11.6 Å². The predicted octanol–water partition coefficient (Wildman–Crippen LogP) is 2.49. The summed E-state index contributed by atoms with van der Waals surface area (Å²) < 4.78 is 37.0. The molecule has 7 heteroatoms. The van der Waals surface area contributed by atoms with Crippen LogP contribution in [0.15, 0.2) is 18.2 Å². The first-order valence-corrected chi connectivity index (χ1v) is 6.85. The molecule has 1 aromatic carbocycles. The predicted molar refractivity (Wildman–Crippen MR) is 78.7 cm³/mol. The third-order valence-corrected chi connectivity index (χ3v) is 3.37. The lowest BCUT2D eigenvalue weighted by molar-refractivity contribution is -0.208. The maximum atomic E-state index is 12.3. The molecule has 0 radical (unpaired) electrons. The minimum Gasteiger partial charge on any atom is -0.382 e. The third-order valence-electron chi connectivity index (χ3n) is 3.37. The van der Waals surface area contributed by atoms with Gasteiger partial charge in [0.25, 0.3) is 0 Å². The van der Waals surface area contributed by atoms with Gasteiger partial charge in [-0.1, -0.05) is 6.07 Å². The molecule has 124 valence electrons. The van der Waals surface area contributed by atoms with E-state index in [4.69, 9.17) is 5.11 Å². The van der Waals surface area contributed by atoms with Crippen LogP contribution in [0.4, 0.5) is 18.9 Å². The van der Waals surface area contributed by atoms with E-state index in [0.717, 1.165) is 16.0 Å². The second kappa shape index (κ2) is 7.11. The van der Waals surface area contributed by atoms with Gasteiger partial charge in [-0.2, -0.15) is 13.2 Å². The fourth-order valence-electron chi connectivity index (χ4n) is 2.03. The van der Waals surface area contributed by atoms with Crippen LogP contribution < -0.4 is 5.32 Å². The number of carbonyl (C=O) groups excluding carboxylic acids is 1. The topological polar surface area (TPSA) is 52.6 Å². The lowest BCUT2D eigenvalue weighted by Crippen LogP contribution is -2.46. The van der Waals surface area contributed by atoms with Gasteiger partial charge in [0.05, 0.1) is 6.04 Å². The molecule has 0 aliphatic rings. The van der Waals surface area contributed by atoms with Gasteiger partial charge in [0, 0.05) is 12.2 Å². The Balaban J connectivity index is 2.68. The van der Waals surface area contributed by atoms with E-state index in [9.17, 15) is 18.0 Å². The van der Waals surface area contributed by atoms with Crippen LogP contribution in [0.1, 0.15) is 18.1 Å². The van der Waals surface area contributed by atoms with Crippen LogP contribution in [0.3, 0.4) is 0 Å². The summed E-state index contributed by atoms with van der Waals surface area (Å²) in [5, 5.41) is 11.7. The minimum atomic E-state index is -4.70. The number of aryl methyl sites for hydroxylation is 2. The van der Waals surface area contributed by atoms with Crippen molar-refractivity contribution in [2.24, 2.45) is 0 Å². The summed E-state index contributed by atoms with van der Waals surface area (Å²) in [4.78, 5) is 13.3. The molecule has 1 rings (SSSR count). The molecule has 2 atom stereocenters. The summed E-state index contributed by atoms with van der Waals surface area (Å²) in [5.74, 6) is -0.429. The number of nitrogens with one attached hydrogen (secondary N) is 1. The van der Waals surface area contributed by atoms with E-state index in [1.54, 1.807) is 12.1 Å². The van der Waals surface area contributed by atoms with Crippen molar-refractivity contribution in [3.05, 3.63) is 29.3 Å². The van der Waals surface area contributed by atoms with Crippen molar-refractivity contribution in [2.45, 2.75) is 39.1 Å². The number of aliphatic hydroxyl groups excluding tert-OH is 1. The number of anilines is 1. The van der Waals surface area contributed by atoms with Crippen molar-refractivity contribution in [3.63, 3.8) is 0 Å². The lowest BCUT2D eigenvalue weighted by atomic mass is 10.1. The minimum absolute atomic E-state index is 0.429. The molecular weight excluding hydrogens is 297 g/mol. The molecule has 0 fully saturated rings. The van der Waals surface area contributed by atoms with Crippen LogP contribution in [0.2, 0.25) is 0 Å². The molecule has 22 heavy (non-hydrogen) atoms. The summed E-state index contributed by atoms with van der Waals surface area (Å²) in [6, 6.07) is 4.70. The van der Waals surface area contributed by atoms with Gasteiger partial charge in [0.15, 0.2) is 6.10 Å². The monoisotopic (exact) mass is 318 g/mol. The molecule has 0 aliphatic carbocycles. The molecule has 0 saturated carbocycles. The number of amides is 1. The van der Waals surface area contributed by atoms with Crippen LogP contribution in [0.25, 0.3) is 0 Å². The highest BCUT2D eigenvalue weighted by Gasteiger charge is 2.39. The number of carbonyl (C=O) groups is 1. The van der Waals surface area contributed by atoms with Gasteiger partial charge in [-0.05, 0) is 51.1 Å². The highest BCUT2D eigenvalue weighted by atomic mass is 19.4. The van der Waals surface area contributed by atoms with Crippen molar-refractivity contribution in [1.29, 1.82) is 0 Å². The van der Waals surface area contributed by atoms with Crippen LogP contribution in [0.5, 0.6) is 0 Å². The van der Waals surface area contributed by atoms with E-state index in [0.29, 0.717) is 5.69 Å². The first-order valence-electron chi connectivity index (χ1n) is 6.85. The van der Waals surface area contributed by atoms with E-state index in [1.807, 2.05) is 19.9 Å². The molecule has 4 nitrogen and oxygen atoms in total. The van der Waals surface area contributed by atoms with Crippen LogP contribution in [-0.2, 0) is 4.79 Å². The fourth-order valence-corrected chi connectivity index (χ4v) is 2.03. The standard InChI is InChI=1S/C15H21F3N2O2/c1-9-5-10(2)7-12(6-9)19-14(22)11(3)20(4)8-13(21)15(16,17)18/h5-7,11,13,21H,8H2,1-4H3,(H,19,22). The van der Waals surface area contributed by atoms with Crippen LogP contribution in [-0.4, -0.2) is 47.8 Å². The molecule has 1 aromatic rings. The number of alkyl halides is 3. The zero-order chi connectivity index (χ0) is 17.1. The average Bonchev–Trinajstić information content (AvgIpc) is 2.35. The zero-order valence-electron chi connectivity index (χ0n) is 13.0. The molecule has 2 unspecified atom stereocenters. The molecular formula is C15H21F3N2O2. The Bertz CT molecular complexity index is 512. The number of benzene rings is 1. The van der Waals surface area contributed by atoms with Gasteiger partial charge in [0.2, 0.25) is 5.91 Å². The molecule has 1 amide bonds. The second-order valence-corrected chi connectivity index (χ2v) is 5.54. The normalized spacial score (nSPS) is 14.8. The molecule has 2 N–H and O–H groups in total. The second-order valence-electron chi connectivity index (χ2n) is 5.54. The number of hydrogen-bond donors (Lipinski definition) is 2. The van der Waals surface area contributed by atoms with Gasteiger partial charge in [-0.25, -0.2) is 0 Å². The largest absolute Gasteiger partial charge is 0.415 e. The Morgan fingerprint density at radius 2 is 1.77 bits per heavy atom. The maximum Gasteiger partial charge on any atom is 0.415 e. The summed E-state index contributed by atoms with van der Waals surface area (Å²) in [7, 11) is 1.36. The Hall–Kier alpha value is -1.60. The van der Waals surface area contributed by atoms with Crippen LogP contribution >= 0.6 is 0 Å². The number of hydrogen-bond acceptors (Lipinski definition) is 3. The molecule has 0 bridgehead atoms. The Labute approximate surface area is 127 Å². The molecule has 0 aromatic heterocycles. The van der Waals surface area contributed by atoms with Gasteiger partial charge >= 0.3 is 6.18 Å². The summed E-state index contributed by atoms with van der Waals surface area (Å²) in [6.07, 6.45) is -7.17. The number of rotatable bonds is 5. The van der Waals surface area contributed by atoms with Crippen molar-refractivity contribution < 1.29 is 23.1 Å². The van der Waals surface area contributed by atoms with Gasteiger partial charge in [-0.3, -0.25) is 9.69 Å². The highest BCUT2D eigenvalue weighted by molar-refractivity contribution is 5.94. The van der Waals surface area contributed by atoms with Gasteiger partial charge in [0.1, 0.15) is 0 Å². The molecule has 0 spiro atoms. The highest BCUT2D eigenvalue weighted by Crippen LogP contribution is 2.21. The average molecular weight is 318 g/mol. The van der Waals surface area contributed by atoms with Crippen molar-refractivity contribution in [1.82, 2.24) is 4.90 Å². The number of nitrogens with zero attached hydrogens (tertiary/aromatic N) is 1. The fraction of sp³-hybridized carbons (Fsp3) is 0.533. The van der Waals surface area contributed by atoms with E-state index in [1.165, 1.54) is 14.0 Å². The quantitative estimate of drug-likeness (QED) is 0.877. The number of likely N-dealkylation sites (N-methyl/N-ethyl adjacent to an activating group) is 1. The lowest BCUT2D eigenvalue weighted by Gasteiger charge is -2.27. The molecule has 0 aliphatic heterocycles. The Kier molecular flexibility index (Phi) is 5.96. The Morgan fingerprint density at radius 1 is 1.27 bits per heavy atom. The zero-order valence-corrected chi connectivity index (χ0v) is 13.0. The number of aliphatic hydroxyl groups is 1. The molecule has 0 saturated heterocycles. The summed E-state index contributed by atoms with van der Waals surface area (Å²) in [5.41, 5.74) is 2.55. The molecule has 0 heterocycles. The first-order chi connectivity index (χ1) is 10.0. The van der Waals surface area contributed by atoms with Crippen molar-refractivity contribution in [2.75, 3.05) is 18.9 Å². The summed E-state index contributed by atoms with van der Waals surface area (Å²) in [6.45, 7) is 4.60.